The van der Waals surface area contributed by atoms with E-state index in [1.165, 1.54) is 29.8 Å². The molecule has 0 saturated carbocycles. The highest BCUT2D eigenvalue weighted by Crippen LogP contribution is 2.12. The molecule has 4 nitrogen and oxygen atoms in total. The fraction of sp³-hybridized carbons (Fsp3) is 0.188. The minimum Gasteiger partial charge on any atom is -0.308 e. The largest absolute Gasteiger partial charge is 0.323 e. The molecule has 21 heavy (non-hydrogen) atoms. The van der Waals surface area contributed by atoms with Crippen LogP contribution in [0.3, 0.4) is 0 Å². The first kappa shape index (κ1) is 15.0. The second-order valence-electron chi connectivity index (χ2n) is 5.02. The molecular weight excluding hydrogens is 269 g/mol. The van der Waals surface area contributed by atoms with E-state index in [1.807, 2.05) is 38.4 Å². The fourth-order valence-corrected chi connectivity index (χ4v) is 1.89. The van der Waals surface area contributed by atoms with Gasteiger partial charge < -0.3 is 15.5 Å². The Balaban J connectivity index is 1.91. The van der Waals surface area contributed by atoms with Gasteiger partial charge in [0, 0.05) is 17.9 Å². The molecule has 2 aromatic carbocycles. The minimum absolute atomic E-state index is 0.336. The second kappa shape index (κ2) is 6.85. The normalized spacial score (nSPS) is 10.5. The number of carbonyl (C=O) groups excluding carboxylic acids is 1. The van der Waals surface area contributed by atoms with Crippen molar-refractivity contribution in [1.29, 1.82) is 0 Å². The van der Waals surface area contributed by atoms with Crippen LogP contribution < -0.4 is 10.6 Å². The Morgan fingerprint density at radius 2 is 1.43 bits per heavy atom. The minimum atomic E-state index is -0.359. The van der Waals surface area contributed by atoms with E-state index in [4.69, 9.17) is 0 Å². The molecule has 0 spiro atoms. The quantitative estimate of drug-likeness (QED) is 0.903. The predicted molar refractivity (Wildman–Crippen MR) is 82.9 cm³/mol. The van der Waals surface area contributed by atoms with Crippen molar-refractivity contribution in [3.63, 3.8) is 0 Å². The molecule has 2 aromatic rings. The number of hydrogen-bond donors (Lipinski definition) is 2. The van der Waals surface area contributed by atoms with E-state index >= 15 is 0 Å². The number of halogens is 1. The summed E-state index contributed by atoms with van der Waals surface area (Å²) in [4.78, 5) is 13.9. The van der Waals surface area contributed by atoms with E-state index in [2.05, 4.69) is 15.5 Å². The summed E-state index contributed by atoms with van der Waals surface area (Å²) in [6, 6.07) is 12.9. The lowest BCUT2D eigenvalue weighted by molar-refractivity contribution is 0.262. The number of rotatable bonds is 4. The van der Waals surface area contributed by atoms with Gasteiger partial charge in [-0.1, -0.05) is 12.1 Å². The number of nitrogens with one attached hydrogen (secondary N) is 2. The Hall–Kier alpha value is -2.40. The van der Waals surface area contributed by atoms with Crippen LogP contribution in [-0.4, -0.2) is 25.0 Å². The van der Waals surface area contributed by atoms with Crippen molar-refractivity contribution >= 4 is 17.4 Å². The van der Waals surface area contributed by atoms with Crippen LogP contribution in [0.4, 0.5) is 20.6 Å². The van der Waals surface area contributed by atoms with E-state index < -0.39 is 0 Å². The van der Waals surface area contributed by atoms with E-state index in [0.29, 0.717) is 11.4 Å². The van der Waals surface area contributed by atoms with Crippen molar-refractivity contribution < 1.29 is 9.18 Å². The maximum absolute atomic E-state index is 12.8. The first-order valence-electron chi connectivity index (χ1n) is 6.60. The van der Waals surface area contributed by atoms with Crippen molar-refractivity contribution in [1.82, 2.24) is 4.90 Å². The van der Waals surface area contributed by atoms with Gasteiger partial charge in [-0.2, -0.15) is 0 Å². The maximum Gasteiger partial charge on any atom is 0.323 e. The van der Waals surface area contributed by atoms with Gasteiger partial charge in [-0.25, -0.2) is 9.18 Å². The van der Waals surface area contributed by atoms with Crippen molar-refractivity contribution in [3.05, 3.63) is 59.9 Å². The molecule has 110 valence electrons. The summed E-state index contributed by atoms with van der Waals surface area (Å²) in [5.74, 6) is -0.336. The molecule has 0 aliphatic carbocycles. The molecule has 2 rings (SSSR count). The molecule has 2 N–H and O–H groups in total. The lowest BCUT2D eigenvalue weighted by Gasteiger charge is -2.11. The Morgan fingerprint density at radius 3 is 1.90 bits per heavy atom. The molecule has 0 fully saturated rings. The van der Waals surface area contributed by atoms with Crippen LogP contribution in [-0.2, 0) is 6.54 Å². The first-order valence-corrected chi connectivity index (χ1v) is 6.60. The molecular formula is C16H18FN3O. The lowest BCUT2D eigenvalue weighted by Crippen LogP contribution is -2.19. The van der Waals surface area contributed by atoms with Crippen LogP contribution in [0.5, 0.6) is 0 Å². The number of anilines is 2. The summed E-state index contributed by atoms with van der Waals surface area (Å²) in [7, 11) is 4.00. The summed E-state index contributed by atoms with van der Waals surface area (Å²) >= 11 is 0. The standard InChI is InChI=1S/C16H18FN3O/c1-20(2)11-12-3-7-14(8-4-12)18-16(21)19-15-9-5-13(17)6-10-15/h3-10H,11H2,1-2H3,(H2,18,19,21). The van der Waals surface area contributed by atoms with Gasteiger partial charge in [0.25, 0.3) is 0 Å². The number of urea groups is 1. The Bertz CT molecular complexity index is 594. The van der Waals surface area contributed by atoms with Gasteiger partial charge in [0.1, 0.15) is 5.82 Å². The number of carbonyl (C=O) groups is 1. The van der Waals surface area contributed by atoms with Crippen molar-refractivity contribution in [2.75, 3.05) is 24.7 Å². The first-order chi connectivity index (χ1) is 10.0. The lowest BCUT2D eigenvalue weighted by atomic mass is 10.2. The molecule has 2 amide bonds. The van der Waals surface area contributed by atoms with Gasteiger partial charge in [-0.05, 0) is 56.1 Å². The van der Waals surface area contributed by atoms with Crippen LogP contribution in [0, 0.1) is 5.82 Å². The maximum atomic E-state index is 12.8. The smallest absolute Gasteiger partial charge is 0.308 e. The monoisotopic (exact) mass is 287 g/mol. The molecule has 0 bridgehead atoms. The van der Waals surface area contributed by atoms with Crippen molar-refractivity contribution in [2.24, 2.45) is 0 Å². The van der Waals surface area contributed by atoms with Gasteiger partial charge in [0.15, 0.2) is 0 Å². The average Bonchev–Trinajstić information content (AvgIpc) is 2.43. The molecule has 5 heteroatoms. The summed E-state index contributed by atoms with van der Waals surface area (Å²) < 4.78 is 12.8. The van der Waals surface area contributed by atoms with Crippen LogP contribution in [0.2, 0.25) is 0 Å². The SMILES string of the molecule is CN(C)Cc1ccc(NC(=O)Nc2ccc(F)cc2)cc1. The van der Waals surface area contributed by atoms with Crippen molar-refractivity contribution in [3.8, 4) is 0 Å². The zero-order valence-electron chi connectivity index (χ0n) is 12.1. The van der Waals surface area contributed by atoms with Gasteiger partial charge in [-0.3, -0.25) is 0 Å². The van der Waals surface area contributed by atoms with E-state index in [0.717, 1.165) is 6.54 Å². The zero-order chi connectivity index (χ0) is 15.2. The third-order valence-corrected chi connectivity index (χ3v) is 2.81. The Labute approximate surface area is 123 Å². The van der Waals surface area contributed by atoms with E-state index in [9.17, 15) is 9.18 Å². The molecule has 0 aromatic heterocycles. The molecule has 0 saturated heterocycles. The zero-order valence-corrected chi connectivity index (χ0v) is 12.1. The third kappa shape index (κ3) is 4.89. The van der Waals surface area contributed by atoms with Crippen LogP contribution in [0.1, 0.15) is 5.56 Å². The topological polar surface area (TPSA) is 44.4 Å². The van der Waals surface area contributed by atoms with Gasteiger partial charge in [-0.15, -0.1) is 0 Å². The molecule has 0 atom stereocenters. The second-order valence-corrected chi connectivity index (χ2v) is 5.02. The molecule has 0 aliphatic heterocycles. The molecule has 0 radical (unpaired) electrons. The third-order valence-electron chi connectivity index (χ3n) is 2.81. The van der Waals surface area contributed by atoms with Gasteiger partial charge in [0.2, 0.25) is 0 Å². The Kier molecular flexibility index (Phi) is 4.90. The highest BCUT2D eigenvalue weighted by molar-refractivity contribution is 5.99. The summed E-state index contributed by atoms with van der Waals surface area (Å²) in [5.41, 5.74) is 2.42. The number of amides is 2. The number of benzene rings is 2. The highest BCUT2D eigenvalue weighted by Gasteiger charge is 2.03. The number of hydrogen-bond acceptors (Lipinski definition) is 2. The van der Waals surface area contributed by atoms with Crippen LogP contribution in [0.25, 0.3) is 0 Å². The van der Waals surface area contributed by atoms with Crippen LogP contribution in [0.15, 0.2) is 48.5 Å². The molecule has 0 unspecified atom stereocenters. The average molecular weight is 287 g/mol. The van der Waals surface area contributed by atoms with E-state index in [-0.39, 0.29) is 11.8 Å². The van der Waals surface area contributed by atoms with Crippen LogP contribution >= 0.6 is 0 Å². The fourth-order valence-electron chi connectivity index (χ4n) is 1.89. The van der Waals surface area contributed by atoms with Crippen molar-refractivity contribution in [2.45, 2.75) is 6.54 Å². The molecule has 0 aliphatic rings. The number of nitrogens with zero attached hydrogens (tertiary/aromatic N) is 1. The summed E-state index contributed by atoms with van der Waals surface area (Å²) in [5, 5.41) is 5.37. The van der Waals surface area contributed by atoms with E-state index in [1.54, 1.807) is 0 Å². The highest BCUT2D eigenvalue weighted by atomic mass is 19.1. The predicted octanol–water partition coefficient (Wildman–Crippen LogP) is 3.53. The molecule has 0 heterocycles. The van der Waals surface area contributed by atoms with Gasteiger partial charge >= 0.3 is 6.03 Å². The summed E-state index contributed by atoms with van der Waals surface area (Å²) in [6.45, 7) is 0.849. The summed E-state index contributed by atoms with van der Waals surface area (Å²) in [6.07, 6.45) is 0. The van der Waals surface area contributed by atoms with Gasteiger partial charge in [0.05, 0.1) is 0 Å². The Morgan fingerprint density at radius 1 is 0.952 bits per heavy atom.